The predicted octanol–water partition coefficient (Wildman–Crippen LogP) is 0.551. The number of rotatable bonds is 4. The minimum absolute atomic E-state index is 0.0257. The summed E-state index contributed by atoms with van der Waals surface area (Å²) in [6.45, 7) is 2.78. The van der Waals surface area contributed by atoms with Crippen LogP contribution in [0.1, 0.15) is 28.8 Å². The Morgan fingerprint density at radius 1 is 1.50 bits per heavy atom. The van der Waals surface area contributed by atoms with E-state index in [4.69, 9.17) is 9.88 Å². The Bertz CT molecular complexity index is 607. The van der Waals surface area contributed by atoms with Crippen molar-refractivity contribution in [3.8, 4) is 0 Å². The molecule has 1 unspecified atom stereocenters. The van der Waals surface area contributed by atoms with Crippen molar-refractivity contribution >= 4 is 15.9 Å². The maximum absolute atomic E-state index is 12.0. The minimum atomic E-state index is -3.82. The van der Waals surface area contributed by atoms with Gasteiger partial charge in [-0.2, -0.15) is 0 Å². The molecule has 1 amide bonds. The Kier molecular flexibility index (Phi) is 4.42. The van der Waals surface area contributed by atoms with E-state index >= 15 is 0 Å². The molecule has 1 heterocycles. The standard InChI is InChI=1S/C13H18N2O4S/c1-9-4-5-10(7-12(9)20(14,17)18)13(16)15-8-11-3-2-6-19-11/h4-5,7,11H,2-3,6,8H2,1H3,(H,15,16)(H2,14,17,18). The Hall–Kier alpha value is -1.44. The first kappa shape index (κ1) is 15.0. The van der Waals surface area contributed by atoms with Crippen molar-refractivity contribution < 1.29 is 17.9 Å². The Morgan fingerprint density at radius 2 is 2.25 bits per heavy atom. The second-order valence-corrected chi connectivity index (χ2v) is 6.40. The number of aryl methyl sites for hydroxylation is 1. The number of primary sulfonamides is 1. The number of carbonyl (C=O) groups excluding carboxylic acids is 1. The summed E-state index contributed by atoms with van der Waals surface area (Å²) in [6, 6.07) is 4.45. The zero-order valence-corrected chi connectivity index (χ0v) is 12.1. The quantitative estimate of drug-likeness (QED) is 0.848. The van der Waals surface area contributed by atoms with E-state index in [1.54, 1.807) is 19.1 Å². The van der Waals surface area contributed by atoms with Crippen molar-refractivity contribution in [3.05, 3.63) is 29.3 Å². The zero-order valence-electron chi connectivity index (χ0n) is 11.3. The number of carbonyl (C=O) groups is 1. The Morgan fingerprint density at radius 3 is 2.85 bits per heavy atom. The molecule has 1 aliphatic heterocycles. The molecule has 0 saturated carbocycles. The highest BCUT2D eigenvalue weighted by Crippen LogP contribution is 2.16. The van der Waals surface area contributed by atoms with E-state index in [1.165, 1.54) is 6.07 Å². The molecule has 1 aromatic carbocycles. The van der Waals surface area contributed by atoms with Gasteiger partial charge in [-0.3, -0.25) is 4.79 Å². The van der Waals surface area contributed by atoms with E-state index in [2.05, 4.69) is 5.32 Å². The van der Waals surface area contributed by atoms with E-state index in [0.717, 1.165) is 19.4 Å². The number of nitrogens with one attached hydrogen (secondary N) is 1. The molecule has 0 aliphatic carbocycles. The largest absolute Gasteiger partial charge is 0.376 e. The van der Waals surface area contributed by atoms with Crippen molar-refractivity contribution in [1.29, 1.82) is 0 Å². The van der Waals surface area contributed by atoms with Crippen LogP contribution in [0.25, 0.3) is 0 Å². The molecule has 1 fully saturated rings. The molecule has 110 valence electrons. The lowest BCUT2D eigenvalue weighted by molar-refractivity contribution is 0.0857. The van der Waals surface area contributed by atoms with Gasteiger partial charge in [-0.05, 0) is 37.5 Å². The van der Waals surface area contributed by atoms with E-state index < -0.39 is 10.0 Å². The zero-order chi connectivity index (χ0) is 14.8. The van der Waals surface area contributed by atoms with Crippen LogP contribution in [-0.2, 0) is 14.8 Å². The molecule has 1 atom stereocenters. The monoisotopic (exact) mass is 298 g/mol. The number of nitrogens with two attached hydrogens (primary N) is 1. The Labute approximate surface area is 118 Å². The fourth-order valence-corrected chi connectivity index (χ4v) is 2.97. The van der Waals surface area contributed by atoms with Crippen molar-refractivity contribution in [2.24, 2.45) is 5.14 Å². The summed E-state index contributed by atoms with van der Waals surface area (Å²) in [5.74, 6) is -0.328. The molecule has 0 bridgehead atoms. The van der Waals surface area contributed by atoms with Gasteiger partial charge in [-0.25, -0.2) is 13.6 Å². The summed E-state index contributed by atoms with van der Waals surface area (Å²) in [5.41, 5.74) is 0.792. The maximum Gasteiger partial charge on any atom is 0.251 e. The molecule has 0 spiro atoms. The third kappa shape index (κ3) is 3.56. The van der Waals surface area contributed by atoms with Crippen LogP contribution in [0.4, 0.5) is 0 Å². The maximum atomic E-state index is 12.0. The molecule has 1 aromatic rings. The number of ether oxygens (including phenoxy) is 1. The molecule has 20 heavy (non-hydrogen) atoms. The molecule has 7 heteroatoms. The van der Waals surface area contributed by atoms with Crippen LogP contribution in [0.5, 0.6) is 0 Å². The average molecular weight is 298 g/mol. The third-order valence-electron chi connectivity index (χ3n) is 3.27. The van der Waals surface area contributed by atoms with Gasteiger partial charge < -0.3 is 10.1 Å². The van der Waals surface area contributed by atoms with Crippen LogP contribution in [0.2, 0.25) is 0 Å². The topological polar surface area (TPSA) is 98.5 Å². The SMILES string of the molecule is Cc1ccc(C(=O)NCC2CCCO2)cc1S(N)(=O)=O. The normalized spacial score (nSPS) is 19.0. The van der Waals surface area contributed by atoms with E-state index in [9.17, 15) is 13.2 Å². The summed E-state index contributed by atoms with van der Waals surface area (Å²) in [5, 5.41) is 7.86. The van der Waals surface area contributed by atoms with E-state index in [0.29, 0.717) is 12.1 Å². The first-order chi connectivity index (χ1) is 9.38. The van der Waals surface area contributed by atoms with Gasteiger partial charge >= 0.3 is 0 Å². The summed E-state index contributed by atoms with van der Waals surface area (Å²) < 4.78 is 28.2. The van der Waals surface area contributed by atoms with Crippen molar-refractivity contribution in [1.82, 2.24) is 5.32 Å². The number of sulfonamides is 1. The predicted molar refractivity (Wildman–Crippen MR) is 73.9 cm³/mol. The number of amides is 1. The first-order valence-electron chi connectivity index (χ1n) is 6.41. The lowest BCUT2D eigenvalue weighted by Crippen LogP contribution is -2.32. The van der Waals surface area contributed by atoms with Gasteiger partial charge in [0.2, 0.25) is 10.0 Å². The van der Waals surface area contributed by atoms with Crippen LogP contribution >= 0.6 is 0 Å². The van der Waals surface area contributed by atoms with Gasteiger partial charge in [0.1, 0.15) is 0 Å². The summed E-state index contributed by atoms with van der Waals surface area (Å²) in [7, 11) is -3.82. The van der Waals surface area contributed by atoms with Crippen LogP contribution in [0, 0.1) is 6.92 Å². The van der Waals surface area contributed by atoms with Crippen molar-refractivity contribution in [2.75, 3.05) is 13.2 Å². The van der Waals surface area contributed by atoms with E-state index in [1.807, 2.05) is 0 Å². The highest BCUT2D eigenvalue weighted by Gasteiger charge is 2.18. The molecule has 0 radical (unpaired) electrons. The fraction of sp³-hybridized carbons (Fsp3) is 0.462. The molecular weight excluding hydrogens is 280 g/mol. The van der Waals surface area contributed by atoms with Gasteiger partial charge in [0, 0.05) is 18.7 Å². The average Bonchev–Trinajstić information content (AvgIpc) is 2.88. The molecule has 1 aliphatic rings. The van der Waals surface area contributed by atoms with Gasteiger partial charge in [0.05, 0.1) is 11.0 Å². The van der Waals surface area contributed by atoms with Crippen LogP contribution in [0.3, 0.4) is 0 Å². The minimum Gasteiger partial charge on any atom is -0.376 e. The Balaban J connectivity index is 2.10. The second-order valence-electron chi connectivity index (χ2n) is 4.87. The highest BCUT2D eigenvalue weighted by molar-refractivity contribution is 7.89. The van der Waals surface area contributed by atoms with Gasteiger partial charge in [0.25, 0.3) is 5.91 Å². The third-order valence-corrected chi connectivity index (χ3v) is 4.32. The molecule has 1 saturated heterocycles. The van der Waals surface area contributed by atoms with Crippen LogP contribution < -0.4 is 10.5 Å². The van der Waals surface area contributed by atoms with Crippen LogP contribution in [-0.4, -0.2) is 33.6 Å². The molecule has 2 rings (SSSR count). The van der Waals surface area contributed by atoms with Gasteiger partial charge in [-0.1, -0.05) is 6.07 Å². The van der Waals surface area contributed by atoms with Crippen LogP contribution in [0.15, 0.2) is 23.1 Å². The van der Waals surface area contributed by atoms with Gasteiger partial charge in [-0.15, -0.1) is 0 Å². The number of hydrogen-bond acceptors (Lipinski definition) is 4. The summed E-state index contributed by atoms with van der Waals surface area (Å²) in [6.07, 6.45) is 1.97. The second kappa shape index (κ2) is 5.90. The van der Waals surface area contributed by atoms with E-state index in [-0.39, 0.29) is 22.5 Å². The molecule has 0 aromatic heterocycles. The lowest BCUT2D eigenvalue weighted by atomic mass is 10.1. The lowest BCUT2D eigenvalue weighted by Gasteiger charge is -2.11. The summed E-state index contributed by atoms with van der Waals surface area (Å²) in [4.78, 5) is 12.0. The first-order valence-corrected chi connectivity index (χ1v) is 7.96. The fourth-order valence-electron chi connectivity index (χ4n) is 2.16. The highest BCUT2D eigenvalue weighted by atomic mass is 32.2. The smallest absolute Gasteiger partial charge is 0.251 e. The van der Waals surface area contributed by atoms with Gasteiger partial charge in [0.15, 0.2) is 0 Å². The summed E-state index contributed by atoms with van der Waals surface area (Å²) >= 11 is 0. The molecular formula is C13H18N2O4S. The molecule has 6 nitrogen and oxygen atoms in total. The van der Waals surface area contributed by atoms with Crippen molar-refractivity contribution in [3.63, 3.8) is 0 Å². The number of benzene rings is 1. The molecule has 3 N–H and O–H groups in total. The number of hydrogen-bond donors (Lipinski definition) is 2. The van der Waals surface area contributed by atoms with Crippen molar-refractivity contribution in [2.45, 2.75) is 30.8 Å².